The summed E-state index contributed by atoms with van der Waals surface area (Å²) >= 11 is 0. The summed E-state index contributed by atoms with van der Waals surface area (Å²) in [5.74, 6) is 0.594. The van der Waals surface area contributed by atoms with Crippen molar-refractivity contribution in [3.63, 3.8) is 0 Å². The van der Waals surface area contributed by atoms with Gasteiger partial charge >= 0.3 is 0 Å². The van der Waals surface area contributed by atoms with Gasteiger partial charge in [0.1, 0.15) is 0 Å². The zero-order valence-corrected chi connectivity index (χ0v) is 8.36. The Kier molecular flexibility index (Phi) is 3.74. The van der Waals surface area contributed by atoms with Crippen LogP contribution in [0.4, 0.5) is 0 Å². The Balaban J connectivity index is 2.39. The quantitative estimate of drug-likeness (QED) is 0.652. The van der Waals surface area contributed by atoms with Crippen molar-refractivity contribution < 1.29 is 4.79 Å². The molecular weight excluding hydrogens is 162 g/mol. The number of carbonyl (C=O) groups excluding carboxylic acids is 1. The highest BCUT2D eigenvalue weighted by Crippen LogP contribution is 2.16. The van der Waals surface area contributed by atoms with Crippen LogP contribution in [0.1, 0.15) is 33.1 Å². The molecule has 0 aromatic rings. The first-order valence-electron chi connectivity index (χ1n) is 4.89. The topological polar surface area (TPSA) is 20.3 Å². The normalized spacial score (nSPS) is 16.6. The van der Waals surface area contributed by atoms with E-state index >= 15 is 0 Å². The van der Waals surface area contributed by atoms with Crippen LogP contribution in [-0.2, 0) is 4.79 Å². The number of allylic oxidation sites excluding steroid dienone is 2. The summed E-state index contributed by atoms with van der Waals surface area (Å²) in [6.07, 6.45) is 11.6. The van der Waals surface area contributed by atoms with E-state index in [9.17, 15) is 4.79 Å². The van der Waals surface area contributed by atoms with Gasteiger partial charge in [-0.1, -0.05) is 31.9 Å². The summed E-state index contributed by atoms with van der Waals surface area (Å²) in [6, 6.07) is 0. The van der Waals surface area contributed by atoms with Gasteiger partial charge in [0.15, 0.2) is 0 Å². The maximum absolute atomic E-state index is 10.9. The van der Waals surface area contributed by atoms with Crippen LogP contribution in [0, 0.1) is 5.92 Å². The van der Waals surface area contributed by atoms with Crippen molar-refractivity contribution in [2.24, 2.45) is 5.92 Å². The van der Waals surface area contributed by atoms with E-state index in [-0.39, 0.29) is 5.91 Å². The second-order valence-electron chi connectivity index (χ2n) is 3.42. The first-order valence-corrected chi connectivity index (χ1v) is 4.89. The van der Waals surface area contributed by atoms with Gasteiger partial charge in [-0.3, -0.25) is 9.69 Å². The molecule has 2 nitrogen and oxygen atoms in total. The van der Waals surface area contributed by atoms with E-state index in [1.807, 2.05) is 12.4 Å². The van der Waals surface area contributed by atoms with E-state index in [2.05, 4.69) is 19.1 Å². The predicted octanol–water partition coefficient (Wildman–Crippen LogP) is 2.68. The molecule has 0 saturated carbocycles. The highest BCUT2D eigenvalue weighted by atomic mass is 16.2. The fraction of sp³-hybridized carbons (Fsp3) is 0.545. The number of rotatable bonds is 3. The molecule has 0 unspecified atom stereocenters. The molecule has 1 aliphatic heterocycles. The number of nitrogens with zero attached hydrogens (tertiary/aromatic N) is 1. The maximum Gasteiger partial charge on any atom is 0.227 e. The minimum absolute atomic E-state index is 0.0708. The van der Waals surface area contributed by atoms with Gasteiger partial charge in [-0.25, -0.2) is 0 Å². The number of hydrogen-bond donors (Lipinski definition) is 0. The molecular formula is C11H17NO. The lowest BCUT2D eigenvalue weighted by Gasteiger charge is -2.18. The van der Waals surface area contributed by atoms with Crippen molar-refractivity contribution in [3.05, 3.63) is 24.6 Å². The van der Waals surface area contributed by atoms with Crippen LogP contribution in [0.5, 0.6) is 0 Å². The van der Waals surface area contributed by atoms with Gasteiger partial charge < -0.3 is 0 Å². The second kappa shape index (κ2) is 4.85. The van der Waals surface area contributed by atoms with E-state index in [1.165, 1.54) is 19.3 Å². The lowest BCUT2D eigenvalue weighted by molar-refractivity contribution is -0.124. The van der Waals surface area contributed by atoms with Crippen LogP contribution in [-0.4, -0.2) is 10.8 Å². The number of hydrogen-bond acceptors (Lipinski definition) is 1. The minimum Gasteiger partial charge on any atom is -0.296 e. The summed E-state index contributed by atoms with van der Waals surface area (Å²) in [5.41, 5.74) is 0. The van der Waals surface area contributed by atoms with Crippen LogP contribution < -0.4 is 0 Å². The minimum atomic E-state index is 0.0708. The summed E-state index contributed by atoms with van der Waals surface area (Å²) in [4.78, 5) is 12.6. The SMILES string of the molecule is CCCCC1C=CN(C(C)=O)C=C1. The van der Waals surface area contributed by atoms with Crippen molar-refractivity contribution in [1.82, 2.24) is 4.90 Å². The summed E-state index contributed by atoms with van der Waals surface area (Å²) in [7, 11) is 0. The molecule has 72 valence electrons. The summed E-state index contributed by atoms with van der Waals surface area (Å²) < 4.78 is 0. The van der Waals surface area contributed by atoms with Crippen LogP contribution >= 0.6 is 0 Å². The first kappa shape index (κ1) is 10.0. The van der Waals surface area contributed by atoms with E-state index in [0.29, 0.717) is 5.92 Å². The van der Waals surface area contributed by atoms with Gasteiger partial charge in [0.2, 0.25) is 5.91 Å². The lowest BCUT2D eigenvalue weighted by Crippen LogP contribution is -2.19. The largest absolute Gasteiger partial charge is 0.296 e. The standard InChI is InChI=1S/C11H17NO/c1-3-4-5-11-6-8-12(9-7-11)10(2)13/h6-9,11H,3-5H2,1-2H3. The monoisotopic (exact) mass is 179 g/mol. The van der Waals surface area contributed by atoms with Crippen LogP contribution in [0.25, 0.3) is 0 Å². The predicted molar refractivity (Wildman–Crippen MR) is 53.8 cm³/mol. The van der Waals surface area contributed by atoms with Gasteiger partial charge in [-0.2, -0.15) is 0 Å². The summed E-state index contributed by atoms with van der Waals surface area (Å²) in [6.45, 7) is 3.76. The van der Waals surface area contributed by atoms with Gasteiger partial charge in [-0.05, 0) is 12.3 Å². The fourth-order valence-electron chi connectivity index (χ4n) is 1.36. The van der Waals surface area contributed by atoms with E-state index in [0.717, 1.165) is 0 Å². The molecule has 0 fully saturated rings. The molecule has 0 saturated heterocycles. The summed E-state index contributed by atoms with van der Waals surface area (Å²) in [5, 5.41) is 0. The van der Waals surface area contributed by atoms with Crippen molar-refractivity contribution >= 4 is 5.91 Å². The van der Waals surface area contributed by atoms with Crippen LogP contribution in [0.15, 0.2) is 24.6 Å². The molecule has 0 N–H and O–H groups in total. The Labute approximate surface area is 79.9 Å². The van der Waals surface area contributed by atoms with Crippen molar-refractivity contribution in [2.75, 3.05) is 0 Å². The number of amides is 1. The molecule has 1 heterocycles. The molecule has 2 heteroatoms. The Morgan fingerprint density at radius 3 is 2.46 bits per heavy atom. The lowest BCUT2D eigenvalue weighted by atomic mass is 10.0. The molecule has 13 heavy (non-hydrogen) atoms. The molecule has 0 radical (unpaired) electrons. The molecule has 0 aliphatic carbocycles. The van der Waals surface area contributed by atoms with Crippen LogP contribution in [0.2, 0.25) is 0 Å². The van der Waals surface area contributed by atoms with Crippen LogP contribution in [0.3, 0.4) is 0 Å². The van der Waals surface area contributed by atoms with Crippen molar-refractivity contribution in [1.29, 1.82) is 0 Å². The zero-order chi connectivity index (χ0) is 9.68. The van der Waals surface area contributed by atoms with Gasteiger partial charge in [0.05, 0.1) is 0 Å². The smallest absolute Gasteiger partial charge is 0.227 e. The average molecular weight is 179 g/mol. The first-order chi connectivity index (χ1) is 6.24. The third-order valence-electron chi connectivity index (χ3n) is 2.24. The highest BCUT2D eigenvalue weighted by molar-refractivity contribution is 5.75. The number of unbranched alkanes of at least 4 members (excludes halogenated alkanes) is 1. The van der Waals surface area contributed by atoms with Crippen molar-refractivity contribution in [3.8, 4) is 0 Å². The molecule has 1 rings (SSSR count). The molecule has 0 atom stereocenters. The van der Waals surface area contributed by atoms with Gasteiger partial charge in [0.25, 0.3) is 0 Å². The molecule has 0 spiro atoms. The Hall–Kier alpha value is -1.05. The molecule has 0 aromatic heterocycles. The molecule has 0 bridgehead atoms. The third-order valence-corrected chi connectivity index (χ3v) is 2.24. The molecule has 0 aromatic carbocycles. The Morgan fingerprint density at radius 1 is 1.38 bits per heavy atom. The zero-order valence-electron chi connectivity index (χ0n) is 8.36. The Bertz CT molecular complexity index is 216. The number of carbonyl (C=O) groups is 1. The maximum atomic E-state index is 10.9. The van der Waals surface area contributed by atoms with Gasteiger partial charge in [-0.15, -0.1) is 0 Å². The second-order valence-corrected chi connectivity index (χ2v) is 3.42. The highest BCUT2D eigenvalue weighted by Gasteiger charge is 2.08. The van der Waals surface area contributed by atoms with Crippen molar-refractivity contribution in [2.45, 2.75) is 33.1 Å². The van der Waals surface area contributed by atoms with E-state index < -0.39 is 0 Å². The van der Waals surface area contributed by atoms with E-state index in [1.54, 1.807) is 11.8 Å². The Morgan fingerprint density at radius 2 is 2.00 bits per heavy atom. The fourth-order valence-corrected chi connectivity index (χ4v) is 1.36. The van der Waals surface area contributed by atoms with E-state index in [4.69, 9.17) is 0 Å². The third kappa shape index (κ3) is 3.05. The average Bonchev–Trinajstić information content (AvgIpc) is 2.15. The molecule has 1 amide bonds. The molecule has 1 aliphatic rings. The van der Waals surface area contributed by atoms with Gasteiger partial charge in [0, 0.05) is 19.3 Å².